The van der Waals surface area contributed by atoms with Crippen molar-refractivity contribution in [2.45, 2.75) is 33.4 Å². The third kappa shape index (κ3) is 2.73. The number of aromatic nitrogens is 1. The fraction of sp³-hybridized carbons (Fsp3) is 0.286. The first-order chi connectivity index (χ1) is 12.6. The average molecular weight is 351 g/mol. The highest BCUT2D eigenvalue weighted by atomic mass is 19.1. The monoisotopic (exact) mass is 351 g/mol. The van der Waals surface area contributed by atoms with Crippen LogP contribution < -0.4 is 5.32 Å². The number of carbonyl (C=O) groups is 1. The third-order valence-corrected chi connectivity index (χ3v) is 5.22. The molecule has 1 aliphatic rings. The molecule has 1 aliphatic heterocycles. The molecule has 0 fully saturated rings. The van der Waals surface area contributed by atoms with Gasteiger partial charge in [0.2, 0.25) is 0 Å². The van der Waals surface area contributed by atoms with Crippen molar-refractivity contribution < 1.29 is 9.18 Å². The van der Waals surface area contributed by atoms with Crippen LogP contribution in [0.5, 0.6) is 0 Å². The molecule has 2 amide bonds. The van der Waals surface area contributed by atoms with Gasteiger partial charge in [0.15, 0.2) is 0 Å². The molecule has 1 N–H and O–H groups in total. The zero-order valence-corrected chi connectivity index (χ0v) is 15.1. The number of hydrogen-bond acceptors (Lipinski definition) is 1. The summed E-state index contributed by atoms with van der Waals surface area (Å²) in [5.74, 6) is -0.312. The minimum Gasteiger partial charge on any atom is -0.347 e. The summed E-state index contributed by atoms with van der Waals surface area (Å²) in [5, 5.41) is 4.13. The first kappa shape index (κ1) is 16.6. The summed E-state index contributed by atoms with van der Waals surface area (Å²) in [6, 6.07) is 10.8. The fourth-order valence-corrected chi connectivity index (χ4v) is 3.75. The number of anilines is 1. The molecule has 134 valence electrons. The van der Waals surface area contributed by atoms with E-state index in [9.17, 15) is 9.18 Å². The number of nitrogens with zero attached hydrogens (tertiary/aromatic N) is 2. The van der Waals surface area contributed by atoms with Crippen LogP contribution >= 0.6 is 0 Å². The Morgan fingerprint density at radius 1 is 1.19 bits per heavy atom. The van der Waals surface area contributed by atoms with Crippen LogP contribution in [0.2, 0.25) is 0 Å². The van der Waals surface area contributed by atoms with E-state index in [0.717, 1.165) is 18.5 Å². The van der Waals surface area contributed by atoms with Gasteiger partial charge in [-0.2, -0.15) is 0 Å². The standard InChI is InChI=1S/C21H22FN3O/c1-3-24-12-16-10-11-25(13-15-6-4-9-19(24)20(15)16)21(26)23-18-8-5-7-17(22)14(18)2/h4-9,12H,3,10-11,13H2,1-2H3,(H,23,26). The highest BCUT2D eigenvalue weighted by Crippen LogP contribution is 2.30. The molecule has 0 saturated carbocycles. The molecule has 4 nitrogen and oxygen atoms in total. The zero-order chi connectivity index (χ0) is 18.3. The molecular formula is C21H22FN3O. The van der Waals surface area contributed by atoms with Crippen LogP contribution in [0, 0.1) is 12.7 Å². The predicted octanol–water partition coefficient (Wildman–Crippen LogP) is 4.70. The topological polar surface area (TPSA) is 37.3 Å². The van der Waals surface area contributed by atoms with Crippen molar-refractivity contribution in [3.05, 3.63) is 65.1 Å². The molecule has 2 aromatic carbocycles. The molecule has 0 aliphatic carbocycles. The maximum Gasteiger partial charge on any atom is 0.322 e. The van der Waals surface area contributed by atoms with E-state index in [1.807, 2.05) is 6.07 Å². The van der Waals surface area contributed by atoms with E-state index in [0.29, 0.717) is 24.3 Å². The lowest BCUT2D eigenvalue weighted by molar-refractivity contribution is 0.210. The van der Waals surface area contributed by atoms with E-state index in [1.54, 1.807) is 24.0 Å². The number of hydrogen-bond donors (Lipinski definition) is 1. The molecule has 3 aromatic rings. The Labute approximate surface area is 152 Å². The van der Waals surface area contributed by atoms with E-state index < -0.39 is 0 Å². The van der Waals surface area contributed by atoms with Gasteiger partial charge in [-0.15, -0.1) is 0 Å². The first-order valence-electron chi connectivity index (χ1n) is 8.99. The van der Waals surface area contributed by atoms with Gasteiger partial charge in [-0.1, -0.05) is 18.2 Å². The van der Waals surface area contributed by atoms with E-state index in [2.05, 4.69) is 35.1 Å². The second-order valence-electron chi connectivity index (χ2n) is 6.77. The van der Waals surface area contributed by atoms with Gasteiger partial charge in [-0.25, -0.2) is 9.18 Å². The SMILES string of the molecule is CCn1cc2c3c(cccc31)CN(C(=O)Nc1cccc(F)c1C)CC2. The Hall–Kier alpha value is -2.82. The second kappa shape index (κ2) is 6.48. The summed E-state index contributed by atoms with van der Waals surface area (Å²) < 4.78 is 16.0. The smallest absolute Gasteiger partial charge is 0.322 e. The van der Waals surface area contributed by atoms with Crippen LogP contribution in [0.3, 0.4) is 0 Å². The number of carbonyl (C=O) groups excluding carboxylic acids is 1. The first-order valence-corrected chi connectivity index (χ1v) is 8.99. The van der Waals surface area contributed by atoms with Gasteiger partial charge in [-0.05, 0) is 49.6 Å². The lowest BCUT2D eigenvalue weighted by atomic mass is 10.1. The molecule has 0 bridgehead atoms. The summed E-state index contributed by atoms with van der Waals surface area (Å²) >= 11 is 0. The largest absolute Gasteiger partial charge is 0.347 e. The van der Waals surface area contributed by atoms with Gasteiger partial charge >= 0.3 is 6.03 Å². The van der Waals surface area contributed by atoms with Crippen LogP contribution in [0.15, 0.2) is 42.6 Å². The second-order valence-corrected chi connectivity index (χ2v) is 6.77. The molecular weight excluding hydrogens is 329 g/mol. The minimum absolute atomic E-state index is 0.191. The molecule has 0 unspecified atom stereocenters. The Kier molecular flexibility index (Phi) is 4.15. The fourth-order valence-electron chi connectivity index (χ4n) is 3.75. The molecule has 2 heterocycles. The Morgan fingerprint density at radius 2 is 2.00 bits per heavy atom. The quantitative estimate of drug-likeness (QED) is 0.714. The van der Waals surface area contributed by atoms with Crippen molar-refractivity contribution in [2.75, 3.05) is 11.9 Å². The summed E-state index contributed by atoms with van der Waals surface area (Å²) in [6.45, 7) is 5.94. The number of nitrogens with one attached hydrogen (secondary N) is 1. The van der Waals surface area contributed by atoms with Gasteiger partial charge in [0, 0.05) is 48.0 Å². The normalized spacial score (nSPS) is 13.7. The Bertz CT molecular complexity index is 992. The maximum atomic E-state index is 13.7. The number of rotatable bonds is 2. The van der Waals surface area contributed by atoms with Crippen molar-refractivity contribution in [3.63, 3.8) is 0 Å². The molecule has 0 saturated heterocycles. The highest BCUT2D eigenvalue weighted by molar-refractivity contribution is 5.92. The molecule has 5 heteroatoms. The van der Waals surface area contributed by atoms with Crippen LogP contribution in [0.1, 0.15) is 23.6 Å². The minimum atomic E-state index is -0.312. The number of benzene rings is 2. The zero-order valence-electron chi connectivity index (χ0n) is 15.1. The highest BCUT2D eigenvalue weighted by Gasteiger charge is 2.22. The van der Waals surface area contributed by atoms with Gasteiger partial charge < -0.3 is 14.8 Å². The molecule has 1 aromatic heterocycles. The average Bonchev–Trinajstić information content (AvgIpc) is 2.89. The molecule has 0 radical (unpaired) electrons. The summed E-state index contributed by atoms with van der Waals surface area (Å²) in [7, 11) is 0. The van der Waals surface area contributed by atoms with E-state index in [4.69, 9.17) is 0 Å². The van der Waals surface area contributed by atoms with E-state index in [1.165, 1.54) is 22.5 Å². The number of aryl methyl sites for hydroxylation is 1. The van der Waals surface area contributed by atoms with Gasteiger partial charge in [-0.3, -0.25) is 0 Å². The van der Waals surface area contributed by atoms with Crippen molar-refractivity contribution in [2.24, 2.45) is 0 Å². The van der Waals surface area contributed by atoms with Crippen LogP contribution in [-0.2, 0) is 19.5 Å². The maximum absolute atomic E-state index is 13.7. The van der Waals surface area contributed by atoms with Crippen molar-refractivity contribution >= 4 is 22.6 Å². The van der Waals surface area contributed by atoms with Crippen LogP contribution in [-0.4, -0.2) is 22.0 Å². The molecule has 4 rings (SSSR count). The van der Waals surface area contributed by atoms with E-state index >= 15 is 0 Å². The van der Waals surface area contributed by atoms with Gasteiger partial charge in [0.05, 0.1) is 0 Å². The predicted molar refractivity (Wildman–Crippen MR) is 102 cm³/mol. The van der Waals surface area contributed by atoms with Crippen molar-refractivity contribution in [3.8, 4) is 0 Å². The summed E-state index contributed by atoms with van der Waals surface area (Å²) in [4.78, 5) is 14.6. The Balaban J connectivity index is 1.62. The number of amides is 2. The van der Waals surface area contributed by atoms with Crippen LogP contribution in [0.4, 0.5) is 14.9 Å². The Morgan fingerprint density at radius 3 is 2.81 bits per heavy atom. The van der Waals surface area contributed by atoms with Gasteiger partial charge in [0.25, 0.3) is 0 Å². The lowest BCUT2D eigenvalue weighted by Gasteiger charge is -2.22. The lowest BCUT2D eigenvalue weighted by Crippen LogP contribution is -2.35. The van der Waals surface area contributed by atoms with Gasteiger partial charge in [0.1, 0.15) is 5.82 Å². The molecule has 0 spiro atoms. The van der Waals surface area contributed by atoms with Crippen molar-refractivity contribution in [1.82, 2.24) is 9.47 Å². The van der Waals surface area contributed by atoms with Crippen LogP contribution in [0.25, 0.3) is 10.9 Å². The van der Waals surface area contributed by atoms with Crippen molar-refractivity contribution in [1.29, 1.82) is 0 Å². The third-order valence-electron chi connectivity index (χ3n) is 5.22. The van der Waals surface area contributed by atoms with E-state index in [-0.39, 0.29) is 11.8 Å². The molecule has 0 atom stereocenters. The number of urea groups is 1. The number of halogens is 1. The summed E-state index contributed by atoms with van der Waals surface area (Å²) in [5.41, 5.74) is 4.65. The molecule has 26 heavy (non-hydrogen) atoms. The summed E-state index contributed by atoms with van der Waals surface area (Å²) in [6.07, 6.45) is 3.02.